The first-order valence-corrected chi connectivity index (χ1v) is 7.43. The first-order valence-electron chi connectivity index (χ1n) is 7.43. The van der Waals surface area contributed by atoms with Crippen molar-refractivity contribution < 1.29 is 8.78 Å². The quantitative estimate of drug-likeness (QED) is 0.942. The van der Waals surface area contributed by atoms with Gasteiger partial charge in [0.25, 0.3) is 0 Å². The molecule has 1 aromatic carbocycles. The zero-order valence-corrected chi connectivity index (χ0v) is 12.2. The van der Waals surface area contributed by atoms with Crippen LogP contribution in [0.3, 0.4) is 0 Å². The Balaban J connectivity index is 1.61. The number of aromatic nitrogens is 2. The number of rotatable bonds is 4. The number of hydrogen-bond acceptors (Lipinski definition) is 4. The molecule has 0 bridgehead atoms. The van der Waals surface area contributed by atoms with E-state index in [2.05, 4.69) is 20.4 Å². The van der Waals surface area contributed by atoms with Gasteiger partial charge in [0.15, 0.2) is 5.82 Å². The Morgan fingerprint density at radius 1 is 1.18 bits per heavy atom. The van der Waals surface area contributed by atoms with Crippen molar-refractivity contribution in [1.29, 1.82) is 0 Å². The average molecular weight is 304 g/mol. The molecule has 0 aliphatic carbocycles. The number of halogens is 2. The number of hydrogen-bond donors (Lipinski definition) is 1. The van der Waals surface area contributed by atoms with Crippen LogP contribution < -0.4 is 10.2 Å². The van der Waals surface area contributed by atoms with Crippen LogP contribution in [0.25, 0.3) is 0 Å². The number of nitrogens with one attached hydrogen (secondary N) is 1. The van der Waals surface area contributed by atoms with E-state index in [1.165, 1.54) is 18.2 Å². The van der Waals surface area contributed by atoms with Crippen LogP contribution in [0.2, 0.25) is 0 Å². The van der Waals surface area contributed by atoms with E-state index in [1.807, 2.05) is 12.1 Å². The highest BCUT2D eigenvalue weighted by atomic mass is 19.1. The summed E-state index contributed by atoms with van der Waals surface area (Å²) in [6.07, 6.45) is 3.63. The molecule has 22 heavy (non-hydrogen) atoms. The monoisotopic (exact) mass is 304 g/mol. The molecule has 4 nitrogen and oxygen atoms in total. The van der Waals surface area contributed by atoms with E-state index in [0.29, 0.717) is 0 Å². The van der Waals surface area contributed by atoms with Crippen LogP contribution in [-0.2, 0) is 6.54 Å². The van der Waals surface area contributed by atoms with Gasteiger partial charge in [-0.15, -0.1) is 5.10 Å². The van der Waals surface area contributed by atoms with Gasteiger partial charge in [0.05, 0.1) is 0 Å². The lowest BCUT2D eigenvalue weighted by Crippen LogP contribution is -2.46. The molecule has 0 saturated carbocycles. The van der Waals surface area contributed by atoms with Crippen molar-refractivity contribution in [3.05, 3.63) is 53.7 Å². The molecule has 2 heterocycles. The average Bonchev–Trinajstić information content (AvgIpc) is 2.55. The Bertz CT molecular complexity index is 601. The Kier molecular flexibility index (Phi) is 4.58. The zero-order chi connectivity index (χ0) is 15.4. The lowest BCUT2D eigenvalue weighted by molar-refractivity contribution is 0.410. The Labute approximate surface area is 128 Å². The van der Waals surface area contributed by atoms with Crippen molar-refractivity contribution in [3.63, 3.8) is 0 Å². The summed E-state index contributed by atoms with van der Waals surface area (Å²) in [5.41, 5.74) is 0.0964. The van der Waals surface area contributed by atoms with Gasteiger partial charge in [-0.3, -0.25) is 0 Å². The van der Waals surface area contributed by atoms with Gasteiger partial charge >= 0.3 is 0 Å². The molecule has 1 fully saturated rings. The van der Waals surface area contributed by atoms with Gasteiger partial charge in [-0.05, 0) is 37.1 Å². The summed E-state index contributed by atoms with van der Waals surface area (Å²) in [5, 5.41) is 11.3. The summed E-state index contributed by atoms with van der Waals surface area (Å²) < 4.78 is 27.3. The SMILES string of the molecule is Fc1cccc(F)c1CN[C@@H]1CCCN(c2cccnn2)C1. The summed E-state index contributed by atoms with van der Waals surface area (Å²) in [7, 11) is 0. The van der Waals surface area contributed by atoms with Crippen molar-refractivity contribution in [2.24, 2.45) is 0 Å². The second-order valence-corrected chi connectivity index (χ2v) is 5.45. The fourth-order valence-corrected chi connectivity index (χ4v) is 2.76. The molecule has 0 amide bonds. The Morgan fingerprint density at radius 2 is 2.00 bits per heavy atom. The number of piperidine rings is 1. The van der Waals surface area contributed by atoms with E-state index < -0.39 is 11.6 Å². The smallest absolute Gasteiger partial charge is 0.151 e. The highest BCUT2D eigenvalue weighted by molar-refractivity contribution is 5.37. The molecular weight excluding hydrogens is 286 g/mol. The van der Waals surface area contributed by atoms with E-state index in [1.54, 1.807) is 6.20 Å². The van der Waals surface area contributed by atoms with Gasteiger partial charge in [0.2, 0.25) is 0 Å². The molecule has 1 atom stereocenters. The van der Waals surface area contributed by atoms with Crippen molar-refractivity contribution in [2.75, 3.05) is 18.0 Å². The van der Waals surface area contributed by atoms with Crippen LogP contribution in [0.1, 0.15) is 18.4 Å². The standard InChI is InChI=1S/C16H18F2N4/c17-14-5-1-6-15(18)13(14)10-19-12-4-3-9-22(11-12)16-7-2-8-20-21-16/h1-2,5-8,12,19H,3-4,9-11H2/t12-/m1/s1. The molecule has 0 unspecified atom stereocenters. The highest BCUT2D eigenvalue weighted by Gasteiger charge is 2.21. The van der Waals surface area contributed by atoms with Crippen LogP contribution in [-0.4, -0.2) is 29.3 Å². The van der Waals surface area contributed by atoms with Crippen molar-refractivity contribution >= 4 is 5.82 Å². The van der Waals surface area contributed by atoms with Gasteiger partial charge in [-0.1, -0.05) is 6.07 Å². The van der Waals surface area contributed by atoms with Gasteiger partial charge < -0.3 is 10.2 Å². The molecule has 3 rings (SSSR count). The molecule has 2 aromatic rings. The van der Waals surface area contributed by atoms with Crippen LogP contribution in [0.4, 0.5) is 14.6 Å². The number of anilines is 1. The third-order valence-corrected chi connectivity index (χ3v) is 3.93. The maximum atomic E-state index is 13.6. The Hall–Kier alpha value is -2.08. The largest absolute Gasteiger partial charge is 0.354 e. The van der Waals surface area contributed by atoms with Crippen LogP contribution in [0.5, 0.6) is 0 Å². The van der Waals surface area contributed by atoms with Crippen molar-refractivity contribution in [1.82, 2.24) is 15.5 Å². The lowest BCUT2D eigenvalue weighted by Gasteiger charge is -2.33. The third kappa shape index (κ3) is 3.39. The molecule has 1 aliphatic rings. The molecule has 6 heteroatoms. The van der Waals surface area contributed by atoms with E-state index >= 15 is 0 Å². The van der Waals surface area contributed by atoms with Gasteiger partial charge in [0, 0.05) is 37.4 Å². The lowest BCUT2D eigenvalue weighted by atomic mass is 10.0. The van der Waals surface area contributed by atoms with E-state index in [0.717, 1.165) is 31.7 Å². The minimum absolute atomic E-state index is 0.0964. The van der Waals surface area contributed by atoms with E-state index in [9.17, 15) is 8.78 Å². The molecule has 1 aliphatic heterocycles. The first-order chi connectivity index (χ1) is 10.7. The summed E-state index contributed by atoms with van der Waals surface area (Å²) >= 11 is 0. The molecular formula is C16H18F2N4. The molecule has 1 aromatic heterocycles. The normalized spacial score (nSPS) is 18.5. The predicted molar refractivity (Wildman–Crippen MR) is 80.5 cm³/mol. The summed E-state index contributed by atoms with van der Waals surface area (Å²) in [6.45, 7) is 1.87. The summed E-state index contributed by atoms with van der Waals surface area (Å²) in [4.78, 5) is 2.14. The Morgan fingerprint density at radius 3 is 2.73 bits per heavy atom. The maximum Gasteiger partial charge on any atom is 0.151 e. The van der Waals surface area contributed by atoms with Crippen LogP contribution in [0.15, 0.2) is 36.5 Å². The first kappa shape index (κ1) is 14.8. The second-order valence-electron chi connectivity index (χ2n) is 5.45. The van der Waals surface area contributed by atoms with Gasteiger partial charge in [-0.2, -0.15) is 5.10 Å². The summed E-state index contributed by atoms with van der Waals surface area (Å²) in [5.74, 6) is -0.172. The van der Waals surface area contributed by atoms with Gasteiger partial charge in [0.1, 0.15) is 11.6 Å². The van der Waals surface area contributed by atoms with E-state index in [-0.39, 0.29) is 18.2 Å². The maximum absolute atomic E-state index is 13.6. The van der Waals surface area contributed by atoms with Crippen molar-refractivity contribution in [2.45, 2.75) is 25.4 Å². The van der Waals surface area contributed by atoms with Gasteiger partial charge in [-0.25, -0.2) is 8.78 Å². The molecule has 1 saturated heterocycles. The minimum Gasteiger partial charge on any atom is -0.354 e. The van der Waals surface area contributed by atoms with Crippen LogP contribution >= 0.6 is 0 Å². The molecule has 116 valence electrons. The fraction of sp³-hybridized carbons (Fsp3) is 0.375. The molecule has 0 spiro atoms. The highest BCUT2D eigenvalue weighted by Crippen LogP contribution is 2.18. The topological polar surface area (TPSA) is 41.0 Å². The van der Waals surface area contributed by atoms with Crippen LogP contribution in [0, 0.1) is 11.6 Å². The zero-order valence-electron chi connectivity index (χ0n) is 12.2. The van der Waals surface area contributed by atoms with E-state index in [4.69, 9.17) is 0 Å². The predicted octanol–water partition coefficient (Wildman–Crippen LogP) is 2.51. The molecule has 1 N–H and O–H groups in total. The third-order valence-electron chi connectivity index (χ3n) is 3.93. The fourth-order valence-electron chi connectivity index (χ4n) is 2.76. The minimum atomic E-state index is -0.505. The number of nitrogens with zero attached hydrogens (tertiary/aromatic N) is 3. The molecule has 0 radical (unpaired) electrons. The summed E-state index contributed by atoms with van der Waals surface area (Å²) in [6, 6.07) is 7.90. The number of benzene rings is 1. The second kappa shape index (κ2) is 6.79. The van der Waals surface area contributed by atoms with Crippen molar-refractivity contribution in [3.8, 4) is 0 Å².